The Morgan fingerprint density at radius 1 is 1.47 bits per heavy atom. The van der Waals surface area contributed by atoms with Gasteiger partial charge in [0.05, 0.1) is 17.6 Å². The maximum atomic E-state index is 12.1. The summed E-state index contributed by atoms with van der Waals surface area (Å²) in [4.78, 5) is 15.9. The number of furan rings is 1. The molecule has 106 valence electrons. The molecule has 0 bridgehead atoms. The predicted molar refractivity (Wildman–Crippen MR) is 79.9 cm³/mol. The Balaban J connectivity index is 1.83. The highest BCUT2D eigenvalue weighted by Crippen LogP contribution is 2.27. The summed E-state index contributed by atoms with van der Waals surface area (Å²) in [5, 5.41) is 3.24. The van der Waals surface area contributed by atoms with Gasteiger partial charge in [0.25, 0.3) is 0 Å². The zero-order valence-corrected chi connectivity index (χ0v) is 14.0. The number of likely N-dealkylation sites (N-methyl/N-ethyl adjacent to an activating group) is 1. The molecule has 0 saturated carbocycles. The molecule has 5 nitrogen and oxygen atoms in total. The van der Waals surface area contributed by atoms with Crippen molar-refractivity contribution in [1.82, 2.24) is 15.1 Å². The molecule has 0 atom stereocenters. The number of hydrogen-bond acceptors (Lipinski definition) is 4. The quantitative estimate of drug-likeness (QED) is 0.843. The van der Waals surface area contributed by atoms with E-state index in [1.54, 1.807) is 0 Å². The Bertz CT molecular complexity index is 425. The fourth-order valence-electron chi connectivity index (χ4n) is 2.04. The van der Waals surface area contributed by atoms with E-state index in [1.807, 2.05) is 22.9 Å². The van der Waals surface area contributed by atoms with E-state index in [-0.39, 0.29) is 5.91 Å². The van der Waals surface area contributed by atoms with Crippen LogP contribution in [0.15, 0.2) is 19.6 Å². The summed E-state index contributed by atoms with van der Waals surface area (Å²) in [6, 6.07) is 1.91. The van der Waals surface area contributed by atoms with Crippen LogP contribution in [0.4, 0.5) is 0 Å². The fourth-order valence-corrected chi connectivity index (χ4v) is 2.70. The van der Waals surface area contributed by atoms with Gasteiger partial charge in [0.15, 0.2) is 4.67 Å². The minimum atomic E-state index is 0.175. The van der Waals surface area contributed by atoms with E-state index in [0.717, 1.165) is 36.4 Å². The summed E-state index contributed by atoms with van der Waals surface area (Å²) in [7, 11) is 1.92. The highest BCUT2D eigenvalue weighted by molar-refractivity contribution is 9.13. The second-order valence-electron chi connectivity index (χ2n) is 4.64. The average molecular weight is 395 g/mol. The van der Waals surface area contributed by atoms with Crippen LogP contribution in [0.2, 0.25) is 0 Å². The molecule has 1 aromatic heterocycles. The van der Waals surface area contributed by atoms with Crippen molar-refractivity contribution in [2.24, 2.45) is 0 Å². The van der Waals surface area contributed by atoms with Crippen molar-refractivity contribution in [3.05, 3.63) is 21.0 Å². The number of piperazine rings is 1. The van der Waals surface area contributed by atoms with Crippen LogP contribution in [0.5, 0.6) is 0 Å². The predicted octanol–water partition coefficient (Wildman–Crippen LogP) is 1.67. The van der Waals surface area contributed by atoms with E-state index >= 15 is 0 Å². The molecule has 0 unspecified atom stereocenters. The standard InChI is InChI=1S/C12H17Br2N3O2/c1-16(7-9-6-10(13)12(14)19-9)8-11(18)17-4-2-15-3-5-17/h6,15H,2-5,7-8H2,1H3. The minimum absolute atomic E-state index is 0.175. The zero-order valence-electron chi connectivity index (χ0n) is 10.8. The van der Waals surface area contributed by atoms with Gasteiger partial charge in [0, 0.05) is 26.2 Å². The number of carbonyl (C=O) groups is 1. The number of amides is 1. The van der Waals surface area contributed by atoms with Gasteiger partial charge in [0.2, 0.25) is 5.91 Å². The number of hydrogen-bond donors (Lipinski definition) is 1. The van der Waals surface area contributed by atoms with Gasteiger partial charge >= 0.3 is 0 Å². The summed E-state index contributed by atoms with van der Waals surface area (Å²) in [6.07, 6.45) is 0. The van der Waals surface area contributed by atoms with Gasteiger partial charge in [-0.2, -0.15) is 0 Å². The number of nitrogens with one attached hydrogen (secondary N) is 1. The second kappa shape index (κ2) is 6.88. The number of halogens is 2. The van der Waals surface area contributed by atoms with Crippen molar-refractivity contribution in [3.63, 3.8) is 0 Å². The molecule has 1 amide bonds. The smallest absolute Gasteiger partial charge is 0.236 e. The first-order chi connectivity index (χ1) is 9.06. The van der Waals surface area contributed by atoms with Crippen LogP contribution < -0.4 is 5.32 Å². The largest absolute Gasteiger partial charge is 0.452 e. The first-order valence-corrected chi connectivity index (χ1v) is 7.75. The van der Waals surface area contributed by atoms with E-state index in [9.17, 15) is 4.79 Å². The Hall–Kier alpha value is -0.370. The molecule has 7 heteroatoms. The highest BCUT2D eigenvalue weighted by atomic mass is 79.9. The average Bonchev–Trinajstić information content (AvgIpc) is 2.69. The summed E-state index contributed by atoms with van der Waals surface area (Å²) < 4.78 is 7.08. The molecule has 2 heterocycles. The molecule has 1 aromatic rings. The van der Waals surface area contributed by atoms with Gasteiger partial charge in [-0.25, -0.2) is 0 Å². The maximum absolute atomic E-state index is 12.1. The molecule has 1 N–H and O–H groups in total. The first-order valence-electron chi connectivity index (χ1n) is 6.17. The van der Waals surface area contributed by atoms with Crippen molar-refractivity contribution >= 4 is 37.8 Å². The molecule has 0 aliphatic carbocycles. The van der Waals surface area contributed by atoms with E-state index < -0.39 is 0 Å². The molecule has 1 saturated heterocycles. The molecule has 1 aliphatic rings. The Kier molecular flexibility index (Phi) is 5.44. The van der Waals surface area contributed by atoms with Gasteiger partial charge in [-0.1, -0.05) is 0 Å². The molecule has 0 spiro atoms. The molecule has 2 rings (SSSR count). The second-order valence-corrected chi connectivity index (χ2v) is 6.21. The number of carbonyl (C=O) groups excluding carboxylic acids is 1. The van der Waals surface area contributed by atoms with Gasteiger partial charge in [-0.05, 0) is 45.0 Å². The van der Waals surface area contributed by atoms with Crippen molar-refractivity contribution in [3.8, 4) is 0 Å². The van der Waals surface area contributed by atoms with Crippen molar-refractivity contribution in [2.75, 3.05) is 39.8 Å². The highest BCUT2D eigenvalue weighted by Gasteiger charge is 2.18. The zero-order chi connectivity index (χ0) is 13.8. The first kappa shape index (κ1) is 15.0. The third kappa shape index (κ3) is 4.30. The number of rotatable bonds is 4. The summed E-state index contributed by atoms with van der Waals surface area (Å²) >= 11 is 6.68. The normalized spacial score (nSPS) is 16.1. The van der Waals surface area contributed by atoms with Crippen LogP contribution >= 0.6 is 31.9 Å². The van der Waals surface area contributed by atoms with Crippen LogP contribution in [0.1, 0.15) is 5.76 Å². The lowest BCUT2D eigenvalue weighted by Crippen LogP contribution is -2.49. The number of nitrogens with zero attached hydrogens (tertiary/aromatic N) is 2. The van der Waals surface area contributed by atoms with Crippen LogP contribution in [-0.4, -0.2) is 55.5 Å². The molecule has 0 radical (unpaired) electrons. The van der Waals surface area contributed by atoms with Crippen molar-refractivity contribution in [1.29, 1.82) is 0 Å². The summed E-state index contributed by atoms with van der Waals surface area (Å²) in [6.45, 7) is 4.38. The summed E-state index contributed by atoms with van der Waals surface area (Å²) in [5.74, 6) is 1.00. The molecule has 19 heavy (non-hydrogen) atoms. The third-order valence-electron chi connectivity index (χ3n) is 3.00. The van der Waals surface area contributed by atoms with E-state index in [1.165, 1.54) is 0 Å². The topological polar surface area (TPSA) is 48.7 Å². The van der Waals surface area contributed by atoms with Crippen LogP contribution in [0.25, 0.3) is 0 Å². The molecule has 0 aromatic carbocycles. The van der Waals surface area contributed by atoms with E-state index in [4.69, 9.17) is 4.42 Å². The van der Waals surface area contributed by atoms with Gasteiger partial charge in [0.1, 0.15) is 5.76 Å². The van der Waals surface area contributed by atoms with E-state index in [0.29, 0.717) is 17.8 Å². The SMILES string of the molecule is CN(CC(=O)N1CCNCC1)Cc1cc(Br)c(Br)o1. The van der Waals surface area contributed by atoms with Crippen molar-refractivity contribution in [2.45, 2.75) is 6.54 Å². The van der Waals surface area contributed by atoms with Crippen molar-refractivity contribution < 1.29 is 9.21 Å². The lowest BCUT2D eigenvalue weighted by molar-refractivity contribution is -0.132. The monoisotopic (exact) mass is 393 g/mol. The Morgan fingerprint density at radius 3 is 2.74 bits per heavy atom. The third-order valence-corrected chi connectivity index (χ3v) is 4.71. The molecular weight excluding hydrogens is 378 g/mol. The van der Waals surface area contributed by atoms with Crippen LogP contribution in [0, 0.1) is 0 Å². The summed E-state index contributed by atoms with van der Waals surface area (Å²) in [5.41, 5.74) is 0. The lowest BCUT2D eigenvalue weighted by Gasteiger charge is -2.29. The maximum Gasteiger partial charge on any atom is 0.236 e. The van der Waals surface area contributed by atoms with Gasteiger partial charge in [-0.15, -0.1) is 0 Å². The Morgan fingerprint density at radius 2 is 2.16 bits per heavy atom. The van der Waals surface area contributed by atoms with Gasteiger partial charge in [-0.3, -0.25) is 9.69 Å². The lowest BCUT2D eigenvalue weighted by atomic mass is 10.3. The molecular formula is C12H17Br2N3O2. The molecule has 1 fully saturated rings. The minimum Gasteiger partial charge on any atom is -0.452 e. The fraction of sp³-hybridized carbons (Fsp3) is 0.583. The Labute approximate surface area is 129 Å². The van der Waals surface area contributed by atoms with Crippen LogP contribution in [0.3, 0.4) is 0 Å². The van der Waals surface area contributed by atoms with Gasteiger partial charge < -0.3 is 14.6 Å². The molecule has 1 aliphatic heterocycles. The van der Waals surface area contributed by atoms with E-state index in [2.05, 4.69) is 37.2 Å². The van der Waals surface area contributed by atoms with Crippen LogP contribution in [-0.2, 0) is 11.3 Å².